The molecule has 2 aliphatic heterocycles. The van der Waals surface area contributed by atoms with Crippen LogP contribution in [-0.4, -0.2) is 53.0 Å². The number of thioether (sulfide) groups is 1. The molecule has 1 fully saturated rings. The van der Waals surface area contributed by atoms with E-state index in [1.165, 1.54) is 10.6 Å². The Labute approximate surface area is 133 Å². The molecule has 0 spiro atoms. The van der Waals surface area contributed by atoms with E-state index in [0.29, 0.717) is 12.5 Å². The highest BCUT2D eigenvalue weighted by molar-refractivity contribution is 7.99. The van der Waals surface area contributed by atoms with Gasteiger partial charge >= 0.3 is 0 Å². The molecule has 1 aromatic heterocycles. The number of aromatic nitrogens is 1. The first-order chi connectivity index (χ1) is 10.2. The van der Waals surface area contributed by atoms with Crippen LogP contribution >= 0.6 is 23.1 Å². The van der Waals surface area contributed by atoms with Crippen LogP contribution in [0.5, 0.6) is 0 Å². The third-order valence-corrected chi connectivity index (χ3v) is 6.06. The molecule has 5 nitrogen and oxygen atoms in total. The number of carbonyl (C=O) groups excluding carboxylic acids is 1. The van der Waals surface area contributed by atoms with Gasteiger partial charge in [-0.1, -0.05) is 6.92 Å². The number of nitrogens with zero attached hydrogens (tertiary/aromatic N) is 2. The lowest BCUT2D eigenvalue weighted by Crippen LogP contribution is -2.39. The van der Waals surface area contributed by atoms with Gasteiger partial charge in [0.1, 0.15) is 0 Å². The molecule has 1 saturated heterocycles. The van der Waals surface area contributed by atoms with Crippen molar-refractivity contribution in [3.63, 3.8) is 0 Å². The SMILES string of the molecule is CCN1CCc2nc(NC(=O)CC3CSCCN3)sc2C1. The van der Waals surface area contributed by atoms with Gasteiger partial charge in [-0.05, 0) is 6.54 Å². The number of fused-ring (bicyclic) bond motifs is 1. The second kappa shape index (κ2) is 7.09. The minimum absolute atomic E-state index is 0.0773. The molecule has 0 aromatic carbocycles. The monoisotopic (exact) mass is 326 g/mol. The van der Waals surface area contributed by atoms with Crippen molar-refractivity contribution in [2.24, 2.45) is 0 Å². The molecule has 2 N–H and O–H groups in total. The predicted molar refractivity (Wildman–Crippen MR) is 89.1 cm³/mol. The summed E-state index contributed by atoms with van der Waals surface area (Å²) in [5.74, 6) is 2.24. The summed E-state index contributed by atoms with van der Waals surface area (Å²) in [6.07, 6.45) is 1.54. The van der Waals surface area contributed by atoms with E-state index >= 15 is 0 Å². The molecule has 21 heavy (non-hydrogen) atoms. The number of anilines is 1. The minimum atomic E-state index is 0.0773. The Kier molecular flexibility index (Phi) is 5.15. The van der Waals surface area contributed by atoms with Crippen molar-refractivity contribution in [2.45, 2.75) is 32.4 Å². The zero-order valence-corrected chi connectivity index (χ0v) is 14.0. The Morgan fingerprint density at radius 1 is 1.57 bits per heavy atom. The largest absolute Gasteiger partial charge is 0.312 e. The molecule has 0 bridgehead atoms. The second-order valence-corrected chi connectivity index (χ2v) is 7.72. The van der Waals surface area contributed by atoms with Crippen LogP contribution in [0.15, 0.2) is 0 Å². The summed E-state index contributed by atoms with van der Waals surface area (Å²) in [7, 11) is 0. The van der Waals surface area contributed by atoms with E-state index in [1.54, 1.807) is 11.3 Å². The molecule has 116 valence electrons. The van der Waals surface area contributed by atoms with Crippen LogP contribution in [0.3, 0.4) is 0 Å². The molecule has 0 aliphatic carbocycles. The normalized spacial score (nSPS) is 22.8. The van der Waals surface area contributed by atoms with E-state index < -0.39 is 0 Å². The number of rotatable bonds is 4. The molecule has 3 rings (SSSR count). The van der Waals surface area contributed by atoms with Crippen LogP contribution in [0.1, 0.15) is 23.9 Å². The van der Waals surface area contributed by atoms with Crippen molar-refractivity contribution >= 4 is 34.1 Å². The van der Waals surface area contributed by atoms with Crippen molar-refractivity contribution < 1.29 is 4.79 Å². The summed E-state index contributed by atoms with van der Waals surface area (Å²) in [5.41, 5.74) is 1.17. The molecular weight excluding hydrogens is 304 g/mol. The van der Waals surface area contributed by atoms with E-state index in [9.17, 15) is 4.79 Å². The van der Waals surface area contributed by atoms with Gasteiger partial charge in [-0.15, -0.1) is 11.3 Å². The van der Waals surface area contributed by atoms with Crippen LogP contribution < -0.4 is 10.6 Å². The van der Waals surface area contributed by atoms with Gasteiger partial charge in [-0.2, -0.15) is 11.8 Å². The lowest BCUT2D eigenvalue weighted by atomic mass is 10.2. The first-order valence-electron chi connectivity index (χ1n) is 7.56. The highest BCUT2D eigenvalue weighted by Crippen LogP contribution is 2.28. The van der Waals surface area contributed by atoms with Crippen molar-refractivity contribution in [2.75, 3.05) is 36.5 Å². The number of hydrogen-bond donors (Lipinski definition) is 2. The molecule has 1 atom stereocenters. The van der Waals surface area contributed by atoms with Gasteiger partial charge in [-0.25, -0.2) is 4.98 Å². The molecule has 1 amide bonds. The zero-order valence-electron chi connectivity index (χ0n) is 12.4. The number of hydrogen-bond acceptors (Lipinski definition) is 6. The Bertz CT molecular complexity index is 499. The standard InChI is InChI=1S/C14H22N4OS2/c1-2-18-5-3-11-12(8-18)21-14(16-11)17-13(19)7-10-9-20-6-4-15-10/h10,15H,2-9H2,1H3,(H,16,17,19). The van der Waals surface area contributed by atoms with Crippen LogP contribution in [0, 0.1) is 0 Å². The maximum absolute atomic E-state index is 12.1. The molecule has 1 aromatic rings. The van der Waals surface area contributed by atoms with Gasteiger partial charge in [0.2, 0.25) is 5.91 Å². The van der Waals surface area contributed by atoms with Crippen molar-refractivity contribution in [1.82, 2.24) is 15.2 Å². The topological polar surface area (TPSA) is 57.3 Å². The first kappa shape index (κ1) is 15.3. The maximum Gasteiger partial charge on any atom is 0.227 e. The van der Waals surface area contributed by atoms with Crippen LogP contribution in [-0.2, 0) is 17.8 Å². The Hall–Kier alpha value is -0.630. The number of carbonyl (C=O) groups is 1. The third-order valence-electron chi connectivity index (χ3n) is 3.93. The van der Waals surface area contributed by atoms with Gasteiger partial charge in [-0.3, -0.25) is 9.69 Å². The number of nitrogens with one attached hydrogen (secondary N) is 2. The summed E-state index contributed by atoms with van der Waals surface area (Å²) in [6, 6.07) is 0.300. The van der Waals surface area contributed by atoms with E-state index in [4.69, 9.17) is 0 Å². The van der Waals surface area contributed by atoms with Gasteiger partial charge in [0, 0.05) is 54.9 Å². The second-order valence-electron chi connectivity index (χ2n) is 5.49. The van der Waals surface area contributed by atoms with Crippen LogP contribution in [0.25, 0.3) is 0 Å². The summed E-state index contributed by atoms with van der Waals surface area (Å²) >= 11 is 3.55. The molecular formula is C14H22N4OS2. The predicted octanol–water partition coefficient (Wildman–Crippen LogP) is 1.55. The molecule has 0 saturated carbocycles. The Morgan fingerprint density at radius 2 is 2.48 bits per heavy atom. The van der Waals surface area contributed by atoms with Crippen LogP contribution in [0.4, 0.5) is 5.13 Å². The fourth-order valence-electron chi connectivity index (χ4n) is 2.72. The van der Waals surface area contributed by atoms with Gasteiger partial charge in [0.15, 0.2) is 5.13 Å². The maximum atomic E-state index is 12.1. The van der Waals surface area contributed by atoms with Crippen molar-refractivity contribution in [3.05, 3.63) is 10.6 Å². The Morgan fingerprint density at radius 3 is 3.24 bits per heavy atom. The highest BCUT2D eigenvalue weighted by Gasteiger charge is 2.21. The fraction of sp³-hybridized carbons (Fsp3) is 0.714. The van der Waals surface area contributed by atoms with Crippen molar-refractivity contribution in [3.8, 4) is 0 Å². The smallest absolute Gasteiger partial charge is 0.227 e. The van der Waals surface area contributed by atoms with Crippen LogP contribution in [0.2, 0.25) is 0 Å². The molecule has 7 heteroatoms. The summed E-state index contributed by atoms with van der Waals surface area (Å²) in [5, 5.41) is 7.14. The minimum Gasteiger partial charge on any atom is -0.312 e. The van der Waals surface area contributed by atoms with E-state index in [1.807, 2.05) is 11.8 Å². The third kappa shape index (κ3) is 3.97. The molecule has 2 aliphatic rings. The van der Waals surface area contributed by atoms with E-state index in [-0.39, 0.29) is 5.91 Å². The number of likely N-dealkylation sites (N-methyl/N-ethyl adjacent to an activating group) is 1. The highest BCUT2D eigenvalue weighted by atomic mass is 32.2. The van der Waals surface area contributed by atoms with E-state index in [2.05, 4.69) is 27.4 Å². The lowest BCUT2D eigenvalue weighted by molar-refractivity contribution is -0.116. The molecule has 3 heterocycles. The number of amides is 1. The average molecular weight is 326 g/mol. The first-order valence-corrected chi connectivity index (χ1v) is 9.53. The van der Waals surface area contributed by atoms with Gasteiger partial charge in [0.25, 0.3) is 0 Å². The summed E-state index contributed by atoms with van der Waals surface area (Å²) < 4.78 is 0. The quantitative estimate of drug-likeness (QED) is 0.879. The molecule has 1 unspecified atom stereocenters. The number of thiazole rings is 1. The summed E-state index contributed by atoms with van der Waals surface area (Å²) in [6.45, 7) is 6.30. The van der Waals surface area contributed by atoms with Gasteiger partial charge in [0.05, 0.1) is 5.69 Å². The van der Waals surface area contributed by atoms with E-state index in [0.717, 1.165) is 49.2 Å². The Balaban J connectivity index is 1.55. The molecule has 0 radical (unpaired) electrons. The summed E-state index contributed by atoms with van der Waals surface area (Å²) in [4.78, 5) is 20.4. The zero-order chi connectivity index (χ0) is 14.7. The van der Waals surface area contributed by atoms with Gasteiger partial charge < -0.3 is 10.6 Å². The average Bonchev–Trinajstić information content (AvgIpc) is 2.89. The lowest BCUT2D eigenvalue weighted by Gasteiger charge is -2.23. The fourth-order valence-corrected chi connectivity index (χ4v) is 4.73. The van der Waals surface area contributed by atoms with Crippen molar-refractivity contribution in [1.29, 1.82) is 0 Å².